The summed E-state index contributed by atoms with van der Waals surface area (Å²) in [6.45, 7) is 5.73. The molecule has 0 N–H and O–H groups in total. The second-order valence-corrected chi connectivity index (χ2v) is 6.15. The van der Waals surface area contributed by atoms with E-state index in [0.717, 1.165) is 44.0 Å². The number of hydrogen-bond donors (Lipinski definition) is 0. The Morgan fingerprint density at radius 1 is 1.43 bits per heavy atom. The maximum Gasteiger partial charge on any atom is 0.111 e. The zero-order chi connectivity index (χ0) is 14.8. The van der Waals surface area contributed by atoms with Crippen molar-refractivity contribution in [1.82, 2.24) is 14.5 Å². The van der Waals surface area contributed by atoms with Crippen LogP contribution in [0.4, 0.5) is 0 Å². The number of fused-ring (bicyclic) bond motifs is 1. The van der Waals surface area contributed by atoms with Gasteiger partial charge in [0.15, 0.2) is 0 Å². The normalized spacial score (nSPS) is 20.2. The second kappa shape index (κ2) is 6.34. The molecule has 1 aliphatic rings. The maximum absolute atomic E-state index is 5.95. The molecule has 3 rings (SSSR count). The van der Waals surface area contributed by atoms with Crippen LogP contribution in [-0.2, 0) is 17.7 Å². The molecule has 1 unspecified atom stereocenters. The van der Waals surface area contributed by atoms with Gasteiger partial charge in [-0.1, -0.05) is 12.1 Å². The zero-order valence-electron chi connectivity index (χ0n) is 12.7. The van der Waals surface area contributed by atoms with Crippen LogP contribution in [0.2, 0.25) is 0 Å². The number of imidazole rings is 1. The van der Waals surface area contributed by atoms with Gasteiger partial charge in [0.1, 0.15) is 5.82 Å². The predicted octanol–water partition coefficient (Wildman–Crippen LogP) is 2.46. The van der Waals surface area contributed by atoms with E-state index in [2.05, 4.69) is 41.6 Å². The lowest BCUT2D eigenvalue weighted by atomic mass is 10.2. The predicted molar refractivity (Wildman–Crippen MR) is 86.1 cm³/mol. The van der Waals surface area contributed by atoms with Gasteiger partial charge in [0.25, 0.3) is 0 Å². The van der Waals surface area contributed by atoms with Crippen LogP contribution in [0.1, 0.15) is 11.4 Å². The van der Waals surface area contributed by atoms with Gasteiger partial charge in [-0.3, -0.25) is 0 Å². The Bertz CT molecular complexity index is 625. The Morgan fingerprint density at radius 2 is 2.29 bits per heavy atom. The van der Waals surface area contributed by atoms with Crippen molar-refractivity contribution < 1.29 is 4.74 Å². The number of para-hydroxylation sites is 1. The Kier molecular flexibility index (Phi) is 4.48. The molecule has 1 atom stereocenters. The van der Waals surface area contributed by atoms with Crippen molar-refractivity contribution in [2.75, 3.05) is 32.6 Å². The number of aromatic nitrogens is 2. The number of benzene rings is 1. The van der Waals surface area contributed by atoms with Crippen molar-refractivity contribution in [3.05, 3.63) is 29.6 Å². The summed E-state index contributed by atoms with van der Waals surface area (Å²) < 4.78 is 8.20. The highest BCUT2D eigenvalue weighted by atomic mass is 35.5. The number of halogens is 1. The fourth-order valence-corrected chi connectivity index (χ4v) is 3.16. The molecule has 21 heavy (non-hydrogen) atoms. The largest absolute Gasteiger partial charge is 0.374 e. The van der Waals surface area contributed by atoms with Gasteiger partial charge in [0.2, 0.25) is 0 Å². The van der Waals surface area contributed by atoms with Crippen molar-refractivity contribution in [2.24, 2.45) is 0 Å². The first-order chi connectivity index (χ1) is 10.2. The molecule has 0 bridgehead atoms. The van der Waals surface area contributed by atoms with Crippen molar-refractivity contribution in [3.63, 3.8) is 0 Å². The van der Waals surface area contributed by atoms with Gasteiger partial charge in [-0.05, 0) is 25.6 Å². The lowest BCUT2D eigenvalue weighted by Gasteiger charge is -2.30. The molecule has 0 radical (unpaired) electrons. The Balaban J connectivity index is 1.95. The van der Waals surface area contributed by atoms with Gasteiger partial charge in [0, 0.05) is 25.4 Å². The molecular weight excluding hydrogens is 286 g/mol. The van der Waals surface area contributed by atoms with Crippen LogP contribution in [-0.4, -0.2) is 53.2 Å². The SMILES string of the molecule is Cc1cccc2c1nc(CCCl)n2CC1CN(C)CCO1. The molecule has 1 saturated heterocycles. The maximum atomic E-state index is 5.95. The number of likely N-dealkylation sites (N-methyl/N-ethyl adjacent to an activating group) is 1. The van der Waals surface area contributed by atoms with E-state index in [-0.39, 0.29) is 6.10 Å². The first kappa shape index (κ1) is 14.8. The molecule has 4 nitrogen and oxygen atoms in total. The fraction of sp³-hybridized carbons (Fsp3) is 0.562. The molecular formula is C16H22ClN3O. The van der Waals surface area contributed by atoms with Gasteiger partial charge >= 0.3 is 0 Å². The molecule has 114 valence electrons. The number of hydrogen-bond acceptors (Lipinski definition) is 3. The molecule has 1 aromatic carbocycles. The van der Waals surface area contributed by atoms with Crippen molar-refractivity contribution >= 4 is 22.6 Å². The van der Waals surface area contributed by atoms with E-state index in [0.29, 0.717) is 5.88 Å². The van der Waals surface area contributed by atoms with Crippen molar-refractivity contribution in [2.45, 2.75) is 26.0 Å². The Labute approximate surface area is 130 Å². The zero-order valence-corrected chi connectivity index (χ0v) is 13.4. The fourth-order valence-electron chi connectivity index (χ4n) is 3.00. The van der Waals surface area contributed by atoms with Crippen LogP contribution < -0.4 is 0 Å². The Hall–Kier alpha value is -1.10. The minimum absolute atomic E-state index is 0.218. The molecule has 0 saturated carbocycles. The van der Waals surface area contributed by atoms with Crippen LogP contribution in [0.3, 0.4) is 0 Å². The third kappa shape index (κ3) is 3.07. The van der Waals surface area contributed by atoms with E-state index >= 15 is 0 Å². The van der Waals surface area contributed by atoms with Crippen LogP contribution in [0.25, 0.3) is 11.0 Å². The lowest BCUT2D eigenvalue weighted by Crippen LogP contribution is -2.42. The summed E-state index contributed by atoms with van der Waals surface area (Å²) in [6, 6.07) is 6.34. The quantitative estimate of drug-likeness (QED) is 0.813. The highest BCUT2D eigenvalue weighted by molar-refractivity contribution is 6.17. The molecule has 1 fully saturated rings. The highest BCUT2D eigenvalue weighted by Gasteiger charge is 2.21. The minimum Gasteiger partial charge on any atom is -0.374 e. The van der Waals surface area contributed by atoms with Crippen LogP contribution in [0.15, 0.2) is 18.2 Å². The van der Waals surface area contributed by atoms with Gasteiger partial charge < -0.3 is 14.2 Å². The number of aryl methyl sites for hydroxylation is 2. The summed E-state index contributed by atoms with van der Waals surface area (Å²) in [7, 11) is 2.14. The van der Waals surface area contributed by atoms with E-state index < -0.39 is 0 Å². The van der Waals surface area contributed by atoms with Gasteiger partial charge in [-0.2, -0.15) is 0 Å². The summed E-state index contributed by atoms with van der Waals surface area (Å²) in [5.41, 5.74) is 3.48. The summed E-state index contributed by atoms with van der Waals surface area (Å²) >= 11 is 5.95. The summed E-state index contributed by atoms with van der Waals surface area (Å²) in [5, 5.41) is 0. The number of rotatable bonds is 4. The van der Waals surface area contributed by atoms with E-state index in [9.17, 15) is 0 Å². The summed E-state index contributed by atoms with van der Waals surface area (Å²) in [6.07, 6.45) is 1.01. The van der Waals surface area contributed by atoms with Gasteiger partial charge in [-0.25, -0.2) is 4.98 Å². The third-order valence-corrected chi connectivity index (χ3v) is 4.29. The smallest absolute Gasteiger partial charge is 0.111 e. The average Bonchev–Trinajstić information content (AvgIpc) is 2.79. The van der Waals surface area contributed by atoms with Crippen molar-refractivity contribution in [1.29, 1.82) is 0 Å². The average molecular weight is 308 g/mol. The highest BCUT2D eigenvalue weighted by Crippen LogP contribution is 2.21. The molecule has 5 heteroatoms. The third-order valence-electron chi connectivity index (χ3n) is 4.11. The van der Waals surface area contributed by atoms with Crippen LogP contribution >= 0.6 is 11.6 Å². The first-order valence-electron chi connectivity index (χ1n) is 7.50. The number of morpholine rings is 1. The topological polar surface area (TPSA) is 30.3 Å². The standard InChI is InChI=1S/C16H22ClN3O/c1-12-4-3-5-14-16(12)18-15(6-7-17)20(14)11-13-10-19(2)8-9-21-13/h3-5,13H,6-11H2,1-2H3. The van der Waals surface area contributed by atoms with E-state index in [4.69, 9.17) is 21.3 Å². The molecule has 2 aromatic rings. The molecule has 0 amide bonds. The number of nitrogens with zero attached hydrogens (tertiary/aromatic N) is 3. The summed E-state index contributed by atoms with van der Waals surface area (Å²) in [5.74, 6) is 1.65. The molecule has 1 aliphatic heterocycles. The molecule has 2 heterocycles. The van der Waals surface area contributed by atoms with Crippen molar-refractivity contribution in [3.8, 4) is 0 Å². The Morgan fingerprint density at radius 3 is 3.05 bits per heavy atom. The molecule has 0 spiro atoms. The monoisotopic (exact) mass is 307 g/mol. The number of ether oxygens (including phenoxy) is 1. The van der Waals surface area contributed by atoms with Gasteiger partial charge in [-0.15, -0.1) is 11.6 Å². The van der Waals surface area contributed by atoms with Gasteiger partial charge in [0.05, 0.1) is 30.3 Å². The minimum atomic E-state index is 0.218. The lowest BCUT2D eigenvalue weighted by molar-refractivity contribution is -0.0272. The van der Waals surface area contributed by atoms with Crippen LogP contribution in [0.5, 0.6) is 0 Å². The summed E-state index contributed by atoms with van der Waals surface area (Å²) in [4.78, 5) is 7.12. The molecule has 0 aliphatic carbocycles. The molecule has 1 aromatic heterocycles. The number of alkyl halides is 1. The van der Waals surface area contributed by atoms with E-state index in [1.54, 1.807) is 0 Å². The first-order valence-corrected chi connectivity index (χ1v) is 8.03. The van der Waals surface area contributed by atoms with Crippen LogP contribution in [0, 0.1) is 6.92 Å². The second-order valence-electron chi connectivity index (χ2n) is 5.78. The van der Waals surface area contributed by atoms with E-state index in [1.165, 1.54) is 11.1 Å². The van der Waals surface area contributed by atoms with E-state index in [1.807, 2.05) is 0 Å².